The highest BCUT2D eigenvalue weighted by atomic mass is 16.4. The first-order valence-electron chi connectivity index (χ1n) is 6.65. The molecule has 1 unspecified atom stereocenters. The number of para-hydroxylation sites is 1. The maximum atomic E-state index is 12.4. The van der Waals surface area contributed by atoms with Gasteiger partial charge in [0.2, 0.25) is 0 Å². The van der Waals surface area contributed by atoms with E-state index in [0.29, 0.717) is 11.3 Å². The van der Waals surface area contributed by atoms with E-state index < -0.39 is 17.7 Å². The lowest BCUT2D eigenvalue weighted by atomic mass is 10.1. The van der Waals surface area contributed by atoms with Gasteiger partial charge in [-0.25, -0.2) is 4.79 Å². The minimum absolute atomic E-state index is 0.212. The third-order valence-corrected chi connectivity index (χ3v) is 3.44. The Hall–Kier alpha value is -2.80. The highest BCUT2D eigenvalue weighted by Crippen LogP contribution is 2.19. The Morgan fingerprint density at radius 2 is 2.18 bits per heavy atom. The topological polar surface area (TPSA) is 97.6 Å². The fourth-order valence-corrected chi connectivity index (χ4v) is 2.26. The molecule has 0 bridgehead atoms. The van der Waals surface area contributed by atoms with Gasteiger partial charge in [0, 0.05) is 7.05 Å². The first-order valence-corrected chi connectivity index (χ1v) is 6.65. The molecule has 1 amide bonds. The largest absolute Gasteiger partial charge is 0.467 e. The number of hydrogen-bond acceptors (Lipinski definition) is 5. The van der Waals surface area contributed by atoms with Crippen LogP contribution in [0.25, 0.3) is 11.1 Å². The molecular weight excluding hydrogens is 288 g/mol. The van der Waals surface area contributed by atoms with Crippen molar-refractivity contribution in [3.05, 3.63) is 58.5 Å². The number of aromatic nitrogens is 1. The molecule has 22 heavy (non-hydrogen) atoms. The quantitative estimate of drug-likeness (QED) is 0.754. The Bertz CT molecular complexity index is 860. The van der Waals surface area contributed by atoms with E-state index in [-0.39, 0.29) is 17.8 Å². The van der Waals surface area contributed by atoms with Crippen LogP contribution >= 0.6 is 0 Å². The number of nitrogens with one attached hydrogen (secondary N) is 1. The smallest absolute Gasteiger partial charge is 0.419 e. The van der Waals surface area contributed by atoms with Gasteiger partial charge in [-0.3, -0.25) is 9.36 Å². The second-order valence-corrected chi connectivity index (χ2v) is 4.80. The van der Waals surface area contributed by atoms with Crippen molar-refractivity contribution in [2.75, 3.05) is 6.61 Å². The zero-order valence-electron chi connectivity index (χ0n) is 11.8. The van der Waals surface area contributed by atoms with Gasteiger partial charge in [-0.1, -0.05) is 6.07 Å². The summed E-state index contributed by atoms with van der Waals surface area (Å²) in [4.78, 5) is 24.0. The molecule has 2 N–H and O–H groups in total. The molecule has 3 rings (SSSR count). The Morgan fingerprint density at radius 1 is 1.36 bits per heavy atom. The molecule has 0 aliphatic rings. The summed E-state index contributed by atoms with van der Waals surface area (Å²) >= 11 is 0. The number of amides is 1. The molecule has 0 saturated heterocycles. The minimum Gasteiger partial charge on any atom is -0.467 e. The van der Waals surface area contributed by atoms with Crippen molar-refractivity contribution >= 4 is 17.0 Å². The molecular formula is C15H14N2O5. The lowest BCUT2D eigenvalue weighted by molar-refractivity contribution is 0.0908. The average molecular weight is 302 g/mol. The van der Waals surface area contributed by atoms with Gasteiger partial charge in [0.15, 0.2) is 5.58 Å². The second-order valence-electron chi connectivity index (χ2n) is 4.80. The molecule has 3 aromatic rings. The predicted molar refractivity (Wildman–Crippen MR) is 77.5 cm³/mol. The molecule has 7 heteroatoms. The van der Waals surface area contributed by atoms with Crippen LogP contribution in [0.2, 0.25) is 0 Å². The van der Waals surface area contributed by atoms with E-state index in [1.807, 2.05) is 0 Å². The predicted octanol–water partition coefficient (Wildman–Crippen LogP) is 1.19. The number of hydrogen-bond donors (Lipinski definition) is 2. The van der Waals surface area contributed by atoms with E-state index in [9.17, 15) is 14.7 Å². The SMILES string of the molecule is Cn1c(=O)oc2c(C(=O)NC(CO)c3ccco3)cccc21. The van der Waals surface area contributed by atoms with Gasteiger partial charge in [0.1, 0.15) is 11.8 Å². The summed E-state index contributed by atoms with van der Waals surface area (Å²) in [5.41, 5.74) is 0.958. The normalized spacial score (nSPS) is 12.5. The maximum absolute atomic E-state index is 12.4. The van der Waals surface area contributed by atoms with Crippen LogP contribution in [0, 0.1) is 0 Å². The third kappa shape index (κ3) is 2.31. The third-order valence-electron chi connectivity index (χ3n) is 3.44. The molecule has 0 spiro atoms. The van der Waals surface area contributed by atoms with Crippen molar-refractivity contribution < 1.29 is 18.7 Å². The molecule has 0 aliphatic carbocycles. The first kappa shape index (κ1) is 14.2. The first-order chi connectivity index (χ1) is 10.6. The van der Waals surface area contributed by atoms with E-state index in [4.69, 9.17) is 8.83 Å². The number of aryl methyl sites for hydroxylation is 1. The summed E-state index contributed by atoms with van der Waals surface area (Å²) in [5, 5.41) is 12.1. The number of nitrogens with zero attached hydrogens (tertiary/aromatic N) is 1. The van der Waals surface area contributed by atoms with Gasteiger partial charge in [-0.2, -0.15) is 0 Å². The molecule has 2 aromatic heterocycles. The monoisotopic (exact) mass is 302 g/mol. The van der Waals surface area contributed by atoms with Crippen LogP contribution in [0.5, 0.6) is 0 Å². The van der Waals surface area contributed by atoms with Crippen molar-refractivity contribution in [1.29, 1.82) is 0 Å². The number of rotatable bonds is 4. The minimum atomic E-state index is -0.673. The van der Waals surface area contributed by atoms with Gasteiger partial charge in [-0.05, 0) is 24.3 Å². The molecule has 1 aromatic carbocycles. The van der Waals surface area contributed by atoms with Crippen LogP contribution in [0.4, 0.5) is 0 Å². The Labute approximate surface area is 124 Å². The number of oxazole rings is 1. The maximum Gasteiger partial charge on any atom is 0.419 e. The molecule has 0 aliphatic heterocycles. The van der Waals surface area contributed by atoms with Crippen LogP contribution in [0.3, 0.4) is 0 Å². The summed E-state index contributed by atoms with van der Waals surface area (Å²) in [6.07, 6.45) is 1.46. The summed E-state index contributed by atoms with van der Waals surface area (Å²) < 4.78 is 11.6. The molecule has 7 nitrogen and oxygen atoms in total. The number of aliphatic hydroxyl groups excluding tert-OH is 1. The summed E-state index contributed by atoms with van der Waals surface area (Å²) in [7, 11) is 1.56. The second kappa shape index (κ2) is 5.53. The summed E-state index contributed by atoms with van der Waals surface area (Å²) in [5.74, 6) is -0.562. The van der Waals surface area contributed by atoms with E-state index in [1.165, 1.54) is 10.8 Å². The zero-order valence-corrected chi connectivity index (χ0v) is 11.8. The van der Waals surface area contributed by atoms with Crippen LogP contribution in [-0.2, 0) is 7.05 Å². The Balaban J connectivity index is 1.95. The standard InChI is InChI=1S/C15H14N2O5/c1-17-11-5-2-4-9(13(11)22-15(17)20)14(19)16-10(8-18)12-6-3-7-21-12/h2-7,10,18H,8H2,1H3,(H,16,19). The van der Waals surface area contributed by atoms with Crippen LogP contribution in [0.1, 0.15) is 22.2 Å². The van der Waals surface area contributed by atoms with Crippen molar-refractivity contribution in [3.63, 3.8) is 0 Å². The summed E-state index contributed by atoms with van der Waals surface area (Å²) in [6.45, 7) is -0.312. The van der Waals surface area contributed by atoms with Crippen LogP contribution in [-0.4, -0.2) is 22.2 Å². The van der Waals surface area contributed by atoms with Crippen molar-refractivity contribution in [1.82, 2.24) is 9.88 Å². The molecule has 1 atom stereocenters. The average Bonchev–Trinajstić information content (AvgIpc) is 3.14. The lowest BCUT2D eigenvalue weighted by Crippen LogP contribution is -2.30. The Morgan fingerprint density at radius 3 is 2.86 bits per heavy atom. The van der Waals surface area contributed by atoms with Gasteiger partial charge in [-0.15, -0.1) is 0 Å². The summed E-state index contributed by atoms with van der Waals surface area (Å²) in [6, 6.07) is 7.55. The molecule has 0 fully saturated rings. The van der Waals surface area contributed by atoms with Gasteiger partial charge in [0.25, 0.3) is 5.91 Å². The van der Waals surface area contributed by atoms with E-state index in [1.54, 1.807) is 37.4 Å². The number of aliphatic hydroxyl groups is 1. The molecule has 2 heterocycles. The number of carbonyl (C=O) groups is 1. The molecule has 0 radical (unpaired) electrons. The van der Waals surface area contributed by atoms with Crippen LogP contribution < -0.4 is 11.1 Å². The van der Waals surface area contributed by atoms with E-state index in [0.717, 1.165) is 0 Å². The van der Waals surface area contributed by atoms with Crippen molar-refractivity contribution in [2.24, 2.45) is 7.05 Å². The van der Waals surface area contributed by atoms with Gasteiger partial charge < -0.3 is 19.3 Å². The number of benzene rings is 1. The fourth-order valence-electron chi connectivity index (χ4n) is 2.26. The van der Waals surface area contributed by atoms with Gasteiger partial charge in [0.05, 0.1) is 24.0 Å². The van der Waals surface area contributed by atoms with E-state index >= 15 is 0 Å². The lowest BCUT2D eigenvalue weighted by Gasteiger charge is -2.13. The molecule has 114 valence electrons. The number of furan rings is 1. The van der Waals surface area contributed by atoms with Crippen molar-refractivity contribution in [3.8, 4) is 0 Å². The van der Waals surface area contributed by atoms with Crippen LogP contribution in [0.15, 0.2) is 50.2 Å². The van der Waals surface area contributed by atoms with E-state index in [2.05, 4.69) is 5.32 Å². The molecule has 0 saturated carbocycles. The highest BCUT2D eigenvalue weighted by Gasteiger charge is 2.21. The fraction of sp³-hybridized carbons (Fsp3) is 0.200. The van der Waals surface area contributed by atoms with Crippen molar-refractivity contribution in [2.45, 2.75) is 6.04 Å². The highest BCUT2D eigenvalue weighted by molar-refractivity contribution is 6.04. The number of carbonyl (C=O) groups excluding carboxylic acids is 1. The zero-order chi connectivity index (χ0) is 15.7. The number of fused-ring (bicyclic) bond motifs is 1. The Kier molecular flexibility index (Phi) is 3.56. The van der Waals surface area contributed by atoms with Gasteiger partial charge >= 0.3 is 5.76 Å².